The van der Waals surface area contributed by atoms with Crippen molar-refractivity contribution in [3.8, 4) is 0 Å². The number of hydrogen-bond acceptors (Lipinski definition) is 5. The number of nitrogens with one attached hydrogen (secondary N) is 1. The van der Waals surface area contributed by atoms with Crippen LogP contribution >= 0.6 is 11.3 Å². The van der Waals surface area contributed by atoms with Crippen LogP contribution in [0.4, 0.5) is 5.13 Å². The Labute approximate surface area is 129 Å². The Balaban J connectivity index is 1.54. The van der Waals surface area contributed by atoms with Crippen molar-refractivity contribution in [2.75, 3.05) is 31.6 Å². The van der Waals surface area contributed by atoms with Crippen LogP contribution in [-0.2, 0) is 17.6 Å². The summed E-state index contributed by atoms with van der Waals surface area (Å²) in [7, 11) is 0. The van der Waals surface area contributed by atoms with Crippen molar-refractivity contribution in [1.29, 1.82) is 0 Å². The topological polar surface area (TPSA) is 65.5 Å². The molecule has 6 heteroatoms. The van der Waals surface area contributed by atoms with Crippen LogP contribution in [0.25, 0.3) is 0 Å². The average Bonchev–Trinajstić information content (AvgIpc) is 2.99. The Bertz CT molecular complexity index is 509. The first-order valence-corrected chi connectivity index (χ1v) is 8.51. The van der Waals surface area contributed by atoms with E-state index in [9.17, 15) is 9.90 Å². The van der Waals surface area contributed by atoms with Crippen molar-refractivity contribution in [2.45, 2.75) is 39.0 Å². The summed E-state index contributed by atoms with van der Waals surface area (Å²) in [6.45, 7) is 4.37. The molecule has 1 atom stereocenters. The number of aromatic nitrogens is 1. The highest BCUT2D eigenvalue weighted by Gasteiger charge is 2.31. The van der Waals surface area contributed by atoms with Crippen molar-refractivity contribution in [3.05, 3.63) is 10.6 Å². The monoisotopic (exact) mass is 309 g/mol. The van der Waals surface area contributed by atoms with E-state index in [1.165, 1.54) is 17.0 Å². The van der Waals surface area contributed by atoms with Crippen molar-refractivity contribution in [1.82, 2.24) is 9.88 Å². The number of aliphatic hydroxyl groups excluding tert-OH is 1. The van der Waals surface area contributed by atoms with Gasteiger partial charge in [0.2, 0.25) is 5.91 Å². The number of carbonyl (C=O) groups excluding carboxylic acids is 1. The third kappa shape index (κ3) is 3.44. The zero-order chi connectivity index (χ0) is 14.9. The SMILES string of the molecule is CC1(CO)CCCN(CC(=O)Nc2nc3c(s2)CCC3)C1. The number of hydrogen-bond donors (Lipinski definition) is 2. The molecule has 1 aliphatic carbocycles. The largest absolute Gasteiger partial charge is 0.396 e. The molecular weight excluding hydrogens is 286 g/mol. The maximum Gasteiger partial charge on any atom is 0.240 e. The maximum atomic E-state index is 12.2. The van der Waals surface area contributed by atoms with Crippen LogP contribution in [-0.4, -0.2) is 47.1 Å². The van der Waals surface area contributed by atoms with E-state index < -0.39 is 0 Å². The molecule has 116 valence electrons. The molecule has 1 aromatic heterocycles. The number of anilines is 1. The van der Waals surface area contributed by atoms with E-state index >= 15 is 0 Å². The first kappa shape index (κ1) is 14.9. The molecule has 2 aliphatic rings. The summed E-state index contributed by atoms with van der Waals surface area (Å²) in [5.74, 6) is 0.00427. The fourth-order valence-corrected chi connectivity index (χ4v) is 4.36. The second-order valence-corrected chi connectivity index (χ2v) is 7.66. The van der Waals surface area contributed by atoms with E-state index in [1.807, 2.05) is 0 Å². The number of rotatable bonds is 4. The number of carbonyl (C=O) groups is 1. The number of aryl methyl sites for hydroxylation is 2. The number of likely N-dealkylation sites (tertiary alicyclic amines) is 1. The molecule has 0 bridgehead atoms. The molecule has 0 spiro atoms. The second kappa shape index (κ2) is 6.02. The van der Waals surface area contributed by atoms with Gasteiger partial charge in [0, 0.05) is 23.4 Å². The van der Waals surface area contributed by atoms with Crippen LogP contribution in [0.5, 0.6) is 0 Å². The highest BCUT2D eigenvalue weighted by molar-refractivity contribution is 7.15. The Morgan fingerprint density at radius 2 is 2.33 bits per heavy atom. The van der Waals surface area contributed by atoms with Gasteiger partial charge < -0.3 is 10.4 Å². The zero-order valence-electron chi connectivity index (χ0n) is 12.5. The predicted octanol–water partition coefficient (Wildman–Crippen LogP) is 1.66. The number of aliphatic hydroxyl groups is 1. The molecule has 1 saturated heterocycles. The second-order valence-electron chi connectivity index (χ2n) is 6.57. The molecule has 1 amide bonds. The molecule has 5 nitrogen and oxygen atoms in total. The summed E-state index contributed by atoms with van der Waals surface area (Å²) in [6, 6.07) is 0. The molecule has 21 heavy (non-hydrogen) atoms. The van der Waals surface area contributed by atoms with E-state index in [2.05, 4.69) is 22.1 Å². The molecule has 1 aromatic rings. The molecule has 0 radical (unpaired) electrons. The Morgan fingerprint density at radius 1 is 1.48 bits per heavy atom. The summed E-state index contributed by atoms with van der Waals surface area (Å²) in [5, 5.41) is 13.1. The first-order valence-electron chi connectivity index (χ1n) is 7.70. The summed E-state index contributed by atoms with van der Waals surface area (Å²) in [4.78, 5) is 20.1. The van der Waals surface area contributed by atoms with Gasteiger partial charge in [0.25, 0.3) is 0 Å². The first-order chi connectivity index (χ1) is 10.1. The molecule has 3 rings (SSSR count). The lowest BCUT2D eigenvalue weighted by molar-refractivity contribution is -0.118. The molecule has 1 fully saturated rings. The number of fused-ring (bicyclic) bond motifs is 1. The molecule has 2 N–H and O–H groups in total. The lowest BCUT2D eigenvalue weighted by Gasteiger charge is -2.38. The van der Waals surface area contributed by atoms with Crippen LogP contribution < -0.4 is 5.32 Å². The van der Waals surface area contributed by atoms with Gasteiger partial charge in [-0.05, 0) is 38.6 Å². The van der Waals surface area contributed by atoms with Crippen molar-refractivity contribution >= 4 is 22.4 Å². The number of piperidine rings is 1. The van der Waals surface area contributed by atoms with E-state index in [-0.39, 0.29) is 17.9 Å². The minimum atomic E-state index is -0.0686. The molecule has 2 heterocycles. The van der Waals surface area contributed by atoms with Crippen LogP contribution in [0.2, 0.25) is 0 Å². The third-order valence-electron chi connectivity index (χ3n) is 4.45. The normalized spacial score (nSPS) is 25.8. The average molecular weight is 309 g/mol. The van der Waals surface area contributed by atoms with Gasteiger partial charge in [-0.1, -0.05) is 6.92 Å². The molecular formula is C15H23N3O2S. The molecule has 1 aliphatic heterocycles. The number of thiazole rings is 1. The van der Waals surface area contributed by atoms with E-state index in [1.54, 1.807) is 11.3 Å². The summed E-state index contributed by atoms with van der Waals surface area (Å²) >= 11 is 1.62. The van der Waals surface area contributed by atoms with Crippen LogP contribution in [0.3, 0.4) is 0 Å². The fraction of sp³-hybridized carbons (Fsp3) is 0.733. The molecule has 0 saturated carbocycles. The van der Waals surface area contributed by atoms with Crippen molar-refractivity contribution in [3.63, 3.8) is 0 Å². The van der Waals surface area contributed by atoms with Gasteiger partial charge >= 0.3 is 0 Å². The van der Waals surface area contributed by atoms with Gasteiger partial charge in [0.15, 0.2) is 5.13 Å². The maximum absolute atomic E-state index is 12.2. The summed E-state index contributed by atoms with van der Waals surface area (Å²) in [6.07, 6.45) is 5.40. The molecule has 1 unspecified atom stereocenters. The smallest absolute Gasteiger partial charge is 0.240 e. The number of nitrogens with zero attached hydrogens (tertiary/aromatic N) is 2. The highest BCUT2D eigenvalue weighted by Crippen LogP contribution is 2.31. The summed E-state index contributed by atoms with van der Waals surface area (Å²) < 4.78 is 0. The summed E-state index contributed by atoms with van der Waals surface area (Å²) in [5.41, 5.74) is 1.10. The van der Waals surface area contributed by atoms with Gasteiger partial charge in [-0.3, -0.25) is 9.69 Å². The van der Waals surface area contributed by atoms with Crippen molar-refractivity contribution in [2.24, 2.45) is 5.41 Å². The fourth-order valence-electron chi connectivity index (χ4n) is 3.30. The Morgan fingerprint density at radius 3 is 3.10 bits per heavy atom. The zero-order valence-corrected chi connectivity index (χ0v) is 13.3. The lowest BCUT2D eigenvalue weighted by Crippen LogP contribution is -2.46. The van der Waals surface area contributed by atoms with Gasteiger partial charge in [-0.25, -0.2) is 4.98 Å². The Kier molecular flexibility index (Phi) is 4.28. The van der Waals surface area contributed by atoms with E-state index in [4.69, 9.17) is 0 Å². The van der Waals surface area contributed by atoms with Gasteiger partial charge in [-0.15, -0.1) is 11.3 Å². The van der Waals surface area contributed by atoms with Crippen LogP contribution in [0.15, 0.2) is 0 Å². The van der Waals surface area contributed by atoms with Crippen LogP contribution in [0.1, 0.15) is 36.8 Å². The van der Waals surface area contributed by atoms with Gasteiger partial charge in [0.05, 0.1) is 12.2 Å². The number of amides is 1. The standard InChI is InChI=1S/C15H23N3O2S/c1-15(10-19)6-3-7-18(9-15)8-13(20)17-14-16-11-4-2-5-12(11)21-14/h19H,2-10H2,1H3,(H,16,17,20). The third-order valence-corrected chi connectivity index (χ3v) is 5.52. The van der Waals surface area contributed by atoms with Gasteiger partial charge in [-0.2, -0.15) is 0 Å². The minimum absolute atomic E-state index is 0.00427. The molecule has 0 aromatic carbocycles. The van der Waals surface area contributed by atoms with Gasteiger partial charge in [0.1, 0.15) is 0 Å². The quantitative estimate of drug-likeness (QED) is 0.888. The predicted molar refractivity (Wildman–Crippen MR) is 83.6 cm³/mol. The minimum Gasteiger partial charge on any atom is -0.396 e. The highest BCUT2D eigenvalue weighted by atomic mass is 32.1. The van der Waals surface area contributed by atoms with E-state index in [0.29, 0.717) is 6.54 Å². The van der Waals surface area contributed by atoms with Crippen LogP contribution in [0, 0.1) is 5.41 Å². The van der Waals surface area contributed by atoms with E-state index in [0.717, 1.165) is 43.9 Å². The Hall–Kier alpha value is -0.980. The van der Waals surface area contributed by atoms with Crippen molar-refractivity contribution < 1.29 is 9.90 Å². The lowest BCUT2D eigenvalue weighted by atomic mass is 9.83.